The summed E-state index contributed by atoms with van der Waals surface area (Å²) in [6, 6.07) is 35.4. The molecule has 5 rings (SSSR count). The molecule has 178 valence electrons. The Morgan fingerprint density at radius 1 is 0.457 bits per heavy atom. The van der Waals surface area contributed by atoms with E-state index in [-0.39, 0.29) is 23.0 Å². The quantitative estimate of drug-likeness (QED) is 0.276. The van der Waals surface area contributed by atoms with E-state index in [1.54, 1.807) is 0 Å². The Morgan fingerprint density at radius 3 is 1.31 bits per heavy atom. The Kier molecular flexibility index (Phi) is 5.93. The van der Waals surface area contributed by atoms with Gasteiger partial charge in [0.15, 0.2) is 0 Å². The summed E-state index contributed by atoms with van der Waals surface area (Å²) in [5.41, 5.74) is 10.5. The van der Waals surface area contributed by atoms with E-state index in [1.807, 2.05) is 6.07 Å². The molecule has 1 nitrogen and oxygen atoms in total. The maximum absolute atomic E-state index is 5.97. The van der Waals surface area contributed by atoms with Crippen LogP contribution in [0.5, 0.6) is 0 Å². The minimum Gasteiger partial charge on any atom is -0.359 e. The first-order chi connectivity index (χ1) is 16.6. The fourth-order valence-corrected chi connectivity index (χ4v) is 4.64. The van der Waals surface area contributed by atoms with Crippen molar-refractivity contribution in [2.45, 2.75) is 64.6 Å². The van der Waals surface area contributed by atoms with Gasteiger partial charge >= 0.3 is 0 Å². The Balaban J connectivity index is 1.37. The first-order valence-electron chi connectivity index (χ1n) is 12.7. The van der Waals surface area contributed by atoms with Gasteiger partial charge in [-0.2, -0.15) is 0 Å². The first-order valence-corrected chi connectivity index (χ1v) is 12.7. The van der Waals surface area contributed by atoms with Gasteiger partial charge in [0.1, 0.15) is 12.2 Å². The largest absolute Gasteiger partial charge is 0.359 e. The predicted octanol–water partition coefficient (Wildman–Crippen LogP) is 9.43. The van der Waals surface area contributed by atoms with Crippen molar-refractivity contribution in [3.8, 4) is 22.3 Å². The van der Waals surface area contributed by atoms with Crippen LogP contribution in [0.1, 0.15) is 76.0 Å². The molecule has 0 aliphatic carbocycles. The maximum atomic E-state index is 5.97. The van der Waals surface area contributed by atoms with Gasteiger partial charge in [-0.15, -0.1) is 0 Å². The second-order valence-electron chi connectivity index (χ2n) is 11.9. The molecule has 35 heavy (non-hydrogen) atoms. The van der Waals surface area contributed by atoms with Gasteiger partial charge in [0.05, 0.1) is 0 Å². The molecule has 0 radical (unpaired) electrons. The molecule has 1 saturated heterocycles. The van der Waals surface area contributed by atoms with Gasteiger partial charge in [0.2, 0.25) is 0 Å². The molecule has 1 aliphatic heterocycles. The Hall–Kier alpha value is -3.16. The standard InChI is InChI=1S/C34H36O/c1-33(2,3)29-20-28(21-30(22-29)34(4,5)6)25-14-12-23(13-15-25)24-16-18-27(19-17-24)32-31(35-32)26-10-8-7-9-11-26/h7-22,31-32H,1-6H3. The summed E-state index contributed by atoms with van der Waals surface area (Å²) in [7, 11) is 0. The molecule has 1 heterocycles. The SMILES string of the molecule is CC(C)(C)c1cc(-c2ccc(-c3ccc(C4OC4c4ccccc4)cc3)cc2)cc(C(C)(C)C)c1. The third-order valence-electron chi connectivity index (χ3n) is 7.08. The van der Waals surface area contributed by atoms with Gasteiger partial charge in [0, 0.05) is 0 Å². The number of epoxide rings is 1. The van der Waals surface area contributed by atoms with Gasteiger partial charge < -0.3 is 4.74 Å². The van der Waals surface area contributed by atoms with Gasteiger partial charge in [-0.1, -0.05) is 139 Å². The van der Waals surface area contributed by atoms with Gasteiger partial charge in [-0.25, -0.2) is 0 Å². The van der Waals surface area contributed by atoms with Crippen molar-refractivity contribution in [3.05, 3.63) is 119 Å². The topological polar surface area (TPSA) is 12.5 Å². The van der Waals surface area contributed by atoms with Crippen LogP contribution in [-0.2, 0) is 15.6 Å². The number of hydrogen-bond acceptors (Lipinski definition) is 1. The second-order valence-corrected chi connectivity index (χ2v) is 11.9. The highest BCUT2D eigenvalue weighted by Crippen LogP contribution is 2.51. The van der Waals surface area contributed by atoms with E-state index in [0.717, 1.165) is 0 Å². The first kappa shape index (κ1) is 23.6. The Bertz CT molecular complexity index is 1270. The predicted molar refractivity (Wildman–Crippen MR) is 148 cm³/mol. The minimum atomic E-state index is 0.114. The summed E-state index contributed by atoms with van der Waals surface area (Å²) in [4.78, 5) is 0. The van der Waals surface area contributed by atoms with Crippen LogP contribution < -0.4 is 0 Å². The van der Waals surface area contributed by atoms with E-state index in [0.29, 0.717) is 0 Å². The average Bonchev–Trinajstić information content (AvgIpc) is 3.65. The monoisotopic (exact) mass is 460 g/mol. The van der Waals surface area contributed by atoms with Crippen LogP contribution in [0, 0.1) is 0 Å². The molecular weight excluding hydrogens is 424 g/mol. The van der Waals surface area contributed by atoms with Crippen molar-refractivity contribution >= 4 is 0 Å². The van der Waals surface area contributed by atoms with Crippen molar-refractivity contribution < 1.29 is 4.74 Å². The highest BCUT2D eigenvalue weighted by Gasteiger charge is 2.41. The van der Waals surface area contributed by atoms with E-state index in [9.17, 15) is 0 Å². The second kappa shape index (κ2) is 8.81. The zero-order valence-electron chi connectivity index (χ0n) is 21.8. The zero-order valence-corrected chi connectivity index (χ0v) is 21.8. The van der Waals surface area contributed by atoms with Crippen LogP contribution >= 0.6 is 0 Å². The molecule has 4 aromatic carbocycles. The molecule has 1 aliphatic rings. The van der Waals surface area contributed by atoms with Gasteiger partial charge in [0.25, 0.3) is 0 Å². The molecule has 2 unspecified atom stereocenters. The fraction of sp³-hybridized carbons (Fsp3) is 0.294. The van der Waals surface area contributed by atoms with Crippen LogP contribution in [0.4, 0.5) is 0 Å². The van der Waals surface area contributed by atoms with Crippen molar-refractivity contribution in [3.63, 3.8) is 0 Å². The van der Waals surface area contributed by atoms with E-state index in [1.165, 1.54) is 44.5 Å². The lowest BCUT2D eigenvalue weighted by molar-refractivity contribution is 0.377. The van der Waals surface area contributed by atoms with Crippen molar-refractivity contribution in [2.24, 2.45) is 0 Å². The zero-order chi connectivity index (χ0) is 24.8. The Labute approximate surface area is 210 Å². The average molecular weight is 461 g/mol. The maximum Gasteiger partial charge on any atom is 0.114 e. The van der Waals surface area contributed by atoms with Crippen LogP contribution in [0.3, 0.4) is 0 Å². The lowest BCUT2D eigenvalue weighted by atomic mass is 9.79. The van der Waals surface area contributed by atoms with Crippen LogP contribution in [0.25, 0.3) is 22.3 Å². The highest BCUT2D eigenvalue weighted by molar-refractivity contribution is 5.72. The molecule has 2 atom stereocenters. The molecule has 0 bridgehead atoms. The normalized spacial score (nSPS) is 17.9. The van der Waals surface area contributed by atoms with E-state index < -0.39 is 0 Å². The summed E-state index contributed by atoms with van der Waals surface area (Å²) in [5.74, 6) is 0. The summed E-state index contributed by atoms with van der Waals surface area (Å²) in [6.07, 6.45) is 0.351. The minimum absolute atomic E-state index is 0.114. The summed E-state index contributed by atoms with van der Waals surface area (Å²) < 4.78 is 5.97. The number of rotatable bonds is 4. The van der Waals surface area contributed by atoms with E-state index in [2.05, 4.69) is 133 Å². The molecule has 4 aromatic rings. The van der Waals surface area contributed by atoms with Crippen LogP contribution in [0.15, 0.2) is 97.1 Å². The molecule has 1 heteroatoms. The number of benzene rings is 4. The van der Waals surface area contributed by atoms with Crippen LogP contribution in [-0.4, -0.2) is 0 Å². The van der Waals surface area contributed by atoms with Crippen LogP contribution in [0.2, 0.25) is 0 Å². The van der Waals surface area contributed by atoms with Crippen molar-refractivity contribution in [1.82, 2.24) is 0 Å². The summed E-state index contributed by atoms with van der Waals surface area (Å²) >= 11 is 0. The van der Waals surface area contributed by atoms with E-state index >= 15 is 0 Å². The lowest BCUT2D eigenvalue weighted by Crippen LogP contribution is -2.16. The van der Waals surface area contributed by atoms with E-state index in [4.69, 9.17) is 4.74 Å². The van der Waals surface area contributed by atoms with Gasteiger partial charge in [-0.3, -0.25) is 0 Å². The van der Waals surface area contributed by atoms with Crippen molar-refractivity contribution in [1.29, 1.82) is 0 Å². The molecule has 1 fully saturated rings. The Morgan fingerprint density at radius 2 is 0.857 bits per heavy atom. The lowest BCUT2D eigenvalue weighted by Gasteiger charge is -2.26. The molecular formula is C34H36O. The molecule has 0 spiro atoms. The molecule has 0 amide bonds. The molecule has 0 N–H and O–H groups in total. The smallest absolute Gasteiger partial charge is 0.114 e. The highest BCUT2D eigenvalue weighted by atomic mass is 16.6. The fourth-order valence-electron chi connectivity index (χ4n) is 4.64. The third-order valence-corrected chi connectivity index (χ3v) is 7.08. The van der Waals surface area contributed by atoms with Crippen molar-refractivity contribution in [2.75, 3.05) is 0 Å². The number of ether oxygens (including phenoxy) is 1. The molecule has 0 aromatic heterocycles. The number of hydrogen-bond donors (Lipinski definition) is 0. The van der Waals surface area contributed by atoms with Gasteiger partial charge in [-0.05, 0) is 55.3 Å². The molecule has 0 saturated carbocycles. The summed E-state index contributed by atoms with van der Waals surface area (Å²) in [5, 5.41) is 0. The third kappa shape index (κ3) is 5.11. The summed E-state index contributed by atoms with van der Waals surface area (Å²) in [6.45, 7) is 13.8.